The summed E-state index contributed by atoms with van der Waals surface area (Å²) in [5.74, 6) is -0.221. The molecular weight excluding hydrogens is 330 g/mol. The first kappa shape index (κ1) is 17.4. The van der Waals surface area contributed by atoms with Crippen LogP contribution in [0.1, 0.15) is 11.1 Å². The Balaban J connectivity index is 1.82. The molecule has 0 saturated carbocycles. The van der Waals surface area contributed by atoms with E-state index in [9.17, 15) is 4.79 Å². The van der Waals surface area contributed by atoms with Crippen LogP contribution >= 0.6 is 23.4 Å². The molecule has 0 saturated heterocycles. The van der Waals surface area contributed by atoms with Gasteiger partial charge in [0.05, 0.1) is 12.8 Å². The number of carbonyl (C=O) groups excluding carboxylic acids is 1. The molecule has 2 aromatic carbocycles. The molecule has 0 fully saturated rings. The van der Waals surface area contributed by atoms with Gasteiger partial charge in [-0.2, -0.15) is 5.10 Å². The van der Waals surface area contributed by atoms with Gasteiger partial charge >= 0.3 is 0 Å². The predicted molar refractivity (Wildman–Crippen MR) is 98.6 cm³/mol. The molecule has 0 heterocycles. The standard InChI is InChI=1S/C17H18ClN3OS/c1-12-15(18)4-3-5-16(12)19-11-17(22)21-20-10-13-6-8-14(23-2)9-7-13/h3-10,19H,11H2,1-2H3,(H,21,22). The number of hydrogen-bond donors (Lipinski definition) is 2. The minimum atomic E-state index is -0.221. The summed E-state index contributed by atoms with van der Waals surface area (Å²) < 4.78 is 0. The van der Waals surface area contributed by atoms with Crippen molar-refractivity contribution in [1.82, 2.24) is 5.43 Å². The van der Waals surface area contributed by atoms with E-state index in [1.54, 1.807) is 18.0 Å². The average Bonchev–Trinajstić information content (AvgIpc) is 2.57. The summed E-state index contributed by atoms with van der Waals surface area (Å²) in [4.78, 5) is 13.0. The molecule has 0 aliphatic carbocycles. The fourth-order valence-electron chi connectivity index (χ4n) is 1.88. The summed E-state index contributed by atoms with van der Waals surface area (Å²) in [6.07, 6.45) is 3.64. The van der Waals surface area contributed by atoms with Crippen LogP contribution in [0.2, 0.25) is 5.02 Å². The van der Waals surface area contributed by atoms with E-state index >= 15 is 0 Å². The van der Waals surface area contributed by atoms with Gasteiger partial charge in [-0.1, -0.05) is 29.8 Å². The van der Waals surface area contributed by atoms with Crippen molar-refractivity contribution in [2.75, 3.05) is 18.1 Å². The number of nitrogens with one attached hydrogen (secondary N) is 2. The second kappa shape index (κ2) is 8.60. The van der Waals surface area contributed by atoms with Crippen LogP contribution in [0.25, 0.3) is 0 Å². The molecule has 0 atom stereocenters. The van der Waals surface area contributed by atoms with Crippen molar-refractivity contribution in [3.63, 3.8) is 0 Å². The van der Waals surface area contributed by atoms with Gasteiger partial charge in [0.15, 0.2) is 0 Å². The lowest BCUT2D eigenvalue weighted by atomic mass is 10.2. The van der Waals surface area contributed by atoms with Crippen LogP contribution in [0.3, 0.4) is 0 Å². The molecule has 2 N–H and O–H groups in total. The lowest BCUT2D eigenvalue weighted by molar-refractivity contribution is -0.119. The highest BCUT2D eigenvalue weighted by atomic mass is 35.5. The molecule has 0 aromatic heterocycles. The molecule has 0 bridgehead atoms. The van der Waals surface area contributed by atoms with Gasteiger partial charge in [0, 0.05) is 15.6 Å². The Morgan fingerprint density at radius 1 is 1.26 bits per heavy atom. The van der Waals surface area contributed by atoms with Crippen molar-refractivity contribution in [2.24, 2.45) is 5.10 Å². The third kappa shape index (κ3) is 5.30. The van der Waals surface area contributed by atoms with Crippen molar-refractivity contribution in [1.29, 1.82) is 0 Å². The average molecular weight is 348 g/mol. The van der Waals surface area contributed by atoms with Crippen LogP contribution in [0.5, 0.6) is 0 Å². The molecule has 2 aromatic rings. The van der Waals surface area contributed by atoms with E-state index in [1.165, 1.54) is 4.90 Å². The van der Waals surface area contributed by atoms with Gasteiger partial charge in [-0.05, 0) is 48.6 Å². The minimum Gasteiger partial charge on any atom is -0.376 e. The number of amides is 1. The smallest absolute Gasteiger partial charge is 0.259 e. The Labute approximate surface area is 145 Å². The number of benzene rings is 2. The first-order valence-electron chi connectivity index (χ1n) is 7.05. The van der Waals surface area contributed by atoms with E-state index < -0.39 is 0 Å². The van der Waals surface area contributed by atoms with E-state index in [4.69, 9.17) is 11.6 Å². The number of rotatable bonds is 6. The largest absolute Gasteiger partial charge is 0.376 e. The summed E-state index contributed by atoms with van der Waals surface area (Å²) in [5, 5.41) is 7.66. The molecule has 0 unspecified atom stereocenters. The quantitative estimate of drug-likeness (QED) is 0.473. The third-order valence-corrected chi connectivity index (χ3v) is 4.38. The number of anilines is 1. The van der Waals surface area contributed by atoms with Crippen LogP contribution in [0, 0.1) is 6.92 Å². The van der Waals surface area contributed by atoms with E-state index in [0.717, 1.165) is 16.8 Å². The maximum Gasteiger partial charge on any atom is 0.259 e. The Morgan fingerprint density at radius 2 is 2.00 bits per heavy atom. The highest BCUT2D eigenvalue weighted by Crippen LogP contribution is 2.22. The zero-order chi connectivity index (χ0) is 16.7. The second-order valence-electron chi connectivity index (χ2n) is 4.83. The monoisotopic (exact) mass is 347 g/mol. The lowest BCUT2D eigenvalue weighted by Crippen LogP contribution is -2.26. The Hall–Kier alpha value is -1.98. The predicted octanol–water partition coefficient (Wildman–Crippen LogP) is 3.93. The van der Waals surface area contributed by atoms with Crippen molar-refractivity contribution in [3.05, 3.63) is 58.6 Å². The molecule has 0 radical (unpaired) electrons. The number of hydrogen-bond acceptors (Lipinski definition) is 4. The minimum absolute atomic E-state index is 0.129. The highest BCUT2D eigenvalue weighted by Gasteiger charge is 2.04. The first-order valence-corrected chi connectivity index (χ1v) is 8.65. The number of halogens is 1. The SMILES string of the molecule is CSc1ccc(C=NNC(=O)CNc2cccc(Cl)c2C)cc1. The molecule has 0 aliphatic heterocycles. The Bertz CT molecular complexity index is 701. The zero-order valence-corrected chi connectivity index (χ0v) is 14.5. The fraction of sp³-hybridized carbons (Fsp3) is 0.176. The number of carbonyl (C=O) groups is 1. The molecule has 1 amide bonds. The van der Waals surface area contributed by atoms with Crippen LogP contribution in [-0.4, -0.2) is 24.9 Å². The molecular formula is C17H18ClN3OS. The summed E-state index contributed by atoms with van der Waals surface area (Å²) >= 11 is 7.72. The van der Waals surface area contributed by atoms with Crippen molar-refractivity contribution < 1.29 is 4.79 Å². The van der Waals surface area contributed by atoms with Crippen LogP contribution in [0.4, 0.5) is 5.69 Å². The van der Waals surface area contributed by atoms with Crippen molar-refractivity contribution in [3.8, 4) is 0 Å². The summed E-state index contributed by atoms with van der Waals surface area (Å²) in [6.45, 7) is 2.03. The zero-order valence-electron chi connectivity index (χ0n) is 13.0. The van der Waals surface area contributed by atoms with E-state index in [0.29, 0.717) is 5.02 Å². The van der Waals surface area contributed by atoms with Crippen LogP contribution < -0.4 is 10.7 Å². The first-order chi connectivity index (χ1) is 11.1. The molecule has 0 aliphatic rings. The number of hydrazone groups is 1. The summed E-state index contributed by atoms with van der Waals surface area (Å²) in [5.41, 5.74) is 5.18. The van der Waals surface area contributed by atoms with Gasteiger partial charge in [-0.15, -0.1) is 11.8 Å². The van der Waals surface area contributed by atoms with Gasteiger partial charge in [-0.3, -0.25) is 4.79 Å². The molecule has 23 heavy (non-hydrogen) atoms. The fourth-order valence-corrected chi connectivity index (χ4v) is 2.47. The maximum atomic E-state index is 11.8. The van der Waals surface area contributed by atoms with Crippen LogP contribution in [-0.2, 0) is 4.79 Å². The van der Waals surface area contributed by atoms with Gasteiger partial charge in [0.1, 0.15) is 0 Å². The molecule has 6 heteroatoms. The molecule has 120 valence electrons. The summed E-state index contributed by atoms with van der Waals surface area (Å²) in [7, 11) is 0. The second-order valence-corrected chi connectivity index (χ2v) is 6.12. The molecule has 4 nitrogen and oxygen atoms in total. The van der Waals surface area contributed by atoms with Crippen molar-refractivity contribution >= 4 is 41.2 Å². The van der Waals surface area contributed by atoms with Gasteiger partial charge in [-0.25, -0.2) is 5.43 Å². The Kier molecular flexibility index (Phi) is 6.50. The van der Waals surface area contributed by atoms with Gasteiger partial charge in [0.25, 0.3) is 5.91 Å². The van der Waals surface area contributed by atoms with E-state index in [-0.39, 0.29) is 12.5 Å². The van der Waals surface area contributed by atoms with E-state index in [2.05, 4.69) is 15.8 Å². The normalized spacial score (nSPS) is 10.7. The van der Waals surface area contributed by atoms with Gasteiger partial charge in [0.2, 0.25) is 0 Å². The van der Waals surface area contributed by atoms with Crippen LogP contribution in [0.15, 0.2) is 52.5 Å². The molecule has 2 rings (SSSR count). The molecule has 0 spiro atoms. The van der Waals surface area contributed by atoms with E-state index in [1.807, 2.05) is 55.6 Å². The topological polar surface area (TPSA) is 53.5 Å². The number of nitrogens with zero attached hydrogens (tertiary/aromatic N) is 1. The number of thioether (sulfide) groups is 1. The van der Waals surface area contributed by atoms with Crippen molar-refractivity contribution in [2.45, 2.75) is 11.8 Å². The summed E-state index contributed by atoms with van der Waals surface area (Å²) in [6, 6.07) is 13.5. The Morgan fingerprint density at radius 3 is 2.70 bits per heavy atom. The van der Waals surface area contributed by atoms with Gasteiger partial charge < -0.3 is 5.32 Å². The lowest BCUT2D eigenvalue weighted by Gasteiger charge is -2.09. The highest BCUT2D eigenvalue weighted by molar-refractivity contribution is 7.98. The third-order valence-electron chi connectivity index (χ3n) is 3.23. The maximum absolute atomic E-state index is 11.8.